The van der Waals surface area contributed by atoms with Gasteiger partial charge in [0.25, 0.3) is 0 Å². The maximum atomic E-state index is 5.17. The molecule has 0 N–H and O–H groups in total. The molecule has 5 aromatic rings. The van der Waals surface area contributed by atoms with Gasteiger partial charge in [-0.3, -0.25) is 0 Å². The molecule has 0 aliphatic heterocycles. The Hall–Kier alpha value is -2.38. The summed E-state index contributed by atoms with van der Waals surface area (Å²) < 4.78 is 9.93. The van der Waals surface area contributed by atoms with Crippen molar-refractivity contribution in [2.75, 3.05) is 14.2 Å². The smallest absolute Gasteiger partial charge is 0.118 e. The number of ether oxygens (including phenoxy) is 2. The van der Waals surface area contributed by atoms with Crippen LogP contribution < -0.4 is 9.47 Å². The van der Waals surface area contributed by atoms with Crippen LogP contribution in [0.25, 0.3) is 21.5 Å². The van der Waals surface area contributed by atoms with Crippen LogP contribution in [-0.2, 0) is 24.3 Å². The third-order valence-electron chi connectivity index (χ3n) is 6.76. The molecule has 2 nitrogen and oxygen atoms in total. The van der Waals surface area contributed by atoms with Crippen LogP contribution in [0.5, 0.6) is 11.5 Å². The molecular weight excluding hydrogens is 557 g/mol. The summed E-state index contributed by atoms with van der Waals surface area (Å²) >= 11 is 18.4. The molecule has 0 amide bonds. The molecule has 0 atom stereocenters. The van der Waals surface area contributed by atoms with Gasteiger partial charge in [-0.2, -0.15) is 50.5 Å². The first-order valence-electron chi connectivity index (χ1n) is 12.7. The number of thiol groups is 4. The van der Waals surface area contributed by atoms with Gasteiger partial charge in [0.1, 0.15) is 11.5 Å². The molecule has 0 aliphatic carbocycles. The van der Waals surface area contributed by atoms with Crippen molar-refractivity contribution in [2.24, 2.45) is 0 Å². The molecule has 0 heterocycles. The van der Waals surface area contributed by atoms with Gasteiger partial charge in [-0.15, -0.1) is 0 Å². The minimum absolute atomic E-state index is 0.400. The Morgan fingerprint density at radius 3 is 1.08 bits per heavy atom. The molecule has 0 radical (unpaired) electrons. The zero-order chi connectivity index (χ0) is 27.8. The first kappa shape index (κ1) is 29.6. The molecular formula is C33H34O2S4. The predicted molar refractivity (Wildman–Crippen MR) is 181 cm³/mol. The quantitative estimate of drug-likeness (QED) is 0.0822. The van der Waals surface area contributed by atoms with Crippen molar-refractivity contribution in [1.29, 1.82) is 0 Å². The summed E-state index contributed by atoms with van der Waals surface area (Å²) in [5.41, 5.74) is 5.01. The van der Waals surface area contributed by atoms with Crippen molar-refractivity contribution in [3.8, 4) is 11.5 Å². The fourth-order valence-electron chi connectivity index (χ4n) is 4.85. The lowest BCUT2D eigenvalue weighted by molar-refractivity contribution is 0.414. The number of hydrogen-bond donors (Lipinski definition) is 4. The van der Waals surface area contributed by atoms with Crippen molar-refractivity contribution in [2.45, 2.75) is 28.4 Å². The van der Waals surface area contributed by atoms with Gasteiger partial charge in [-0.25, -0.2) is 0 Å². The van der Waals surface area contributed by atoms with Crippen LogP contribution in [0.15, 0.2) is 97.1 Å². The third kappa shape index (κ3) is 7.43. The van der Waals surface area contributed by atoms with Crippen molar-refractivity contribution >= 4 is 72.1 Å². The number of fused-ring (bicyclic) bond motifs is 2. The SMILES string of the molecule is COc1ccc(CC(S)(S)Cc2ccc(OC)cc2)cc1.SCc1c2ccccc2c(CS)c2ccccc12. The van der Waals surface area contributed by atoms with Crippen LogP contribution in [0.3, 0.4) is 0 Å². The molecule has 0 aliphatic rings. The maximum Gasteiger partial charge on any atom is 0.118 e. The molecule has 0 fully saturated rings. The van der Waals surface area contributed by atoms with E-state index in [1.807, 2.05) is 48.5 Å². The Balaban J connectivity index is 0.000000183. The van der Waals surface area contributed by atoms with Gasteiger partial charge in [-0.05, 0) is 80.9 Å². The van der Waals surface area contributed by atoms with Gasteiger partial charge in [0.15, 0.2) is 0 Å². The molecule has 6 heteroatoms. The summed E-state index contributed by atoms with van der Waals surface area (Å²) in [6.45, 7) is 0. The third-order valence-corrected chi connectivity index (χ3v) is 8.03. The number of rotatable bonds is 8. The Morgan fingerprint density at radius 2 is 0.821 bits per heavy atom. The maximum absolute atomic E-state index is 5.17. The zero-order valence-corrected chi connectivity index (χ0v) is 25.7. The summed E-state index contributed by atoms with van der Waals surface area (Å²) in [5.74, 6) is 3.23. The van der Waals surface area contributed by atoms with Gasteiger partial charge in [0.2, 0.25) is 0 Å². The van der Waals surface area contributed by atoms with E-state index in [0.717, 1.165) is 35.8 Å². The van der Waals surface area contributed by atoms with Crippen molar-refractivity contribution in [1.82, 2.24) is 0 Å². The number of methoxy groups -OCH3 is 2. The van der Waals surface area contributed by atoms with E-state index in [-0.39, 0.29) is 0 Å². The van der Waals surface area contributed by atoms with E-state index in [1.54, 1.807) is 14.2 Å². The second-order valence-corrected chi connectivity index (χ2v) is 12.1. The first-order valence-corrected chi connectivity index (χ1v) is 14.9. The minimum atomic E-state index is -0.400. The van der Waals surface area contributed by atoms with E-state index in [0.29, 0.717) is 0 Å². The number of benzene rings is 5. The lowest BCUT2D eigenvalue weighted by Crippen LogP contribution is -2.20. The second-order valence-electron chi connectivity index (χ2n) is 9.40. The van der Waals surface area contributed by atoms with Gasteiger partial charge in [0.05, 0.1) is 18.3 Å². The van der Waals surface area contributed by atoms with Crippen LogP contribution >= 0.6 is 50.5 Å². The molecule has 5 aromatic carbocycles. The van der Waals surface area contributed by atoms with E-state index >= 15 is 0 Å². The normalized spacial score (nSPS) is 11.2. The lowest BCUT2D eigenvalue weighted by atomic mass is 9.93. The van der Waals surface area contributed by atoms with Gasteiger partial charge >= 0.3 is 0 Å². The molecule has 0 spiro atoms. The Kier molecular flexibility index (Phi) is 10.5. The van der Waals surface area contributed by atoms with Crippen LogP contribution in [0.4, 0.5) is 0 Å². The van der Waals surface area contributed by atoms with Crippen LogP contribution in [0, 0.1) is 0 Å². The standard InChI is InChI=1S/C17H20O2S2.C16H14S2/c1-18-15-7-3-13(4-8-15)11-17(20,21)12-14-5-9-16(19-2)10-6-14;17-9-15-11-5-1-2-6-12(11)16(10-18)14-8-4-3-7-13(14)15/h3-10,20-21H,11-12H2,1-2H3;1-8,17-18H,9-10H2. The highest BCUT2D eigenvalue weighted by molar-refractivity contribution is 8.00. The lowest BCUT2D eigenvalue weighted by Gasteiger charge is -2.23. The Labute approximate surface area is 253 Å². The summed E-state index contributed by atoms with van der Waals surface area (Å²) in [5, 5.41) is 5.20. The van der Waals surface area contributed by atoms with E-state index in [9.17, 15) is 0 Å². The monoisotopic (exact) mass is 590 g/mol. The van der Waals surface area contributed by atoms with E-state index in [1.165, 1.54) is 43.8 Å². The molecule has 0 bridgehead atoms. The molecule has 5 rings (SSSR count). The van der Waals surface area contributed by atoms with E-state index < -0.39 is 4.08 Å². The average molecular weight is 591 g/mol. The highest BCUT2D eigenvalue weighted by Crippen LogP contribution is 2.34. The van der Waals surface area contributed by atoms with Gasteiger partial charge in [-0.1, -0.05) is 72.8 Å². The first-order chi connectivity index (χ1) is 18.9. The molecule has 0 saturated carbocycles. The van der Waals surface area contributed by atoms with Crippen molar-refractivity contribution in [3.05, 3.63) is 119 Å². The fourth-order valence-corrected chi connectivity index (χ4v) is 6.26. The highest BCUT2D eigenvalue weighted by atomic mass is 32.2. The van der Waals surface area contributed by atoms with Crippen LogP contribution in [0.1, 0.15) is 22.3 Å². The van der Waals surface area contributed by atoms with Crippen LogP contribution in [-0.4, -0.2) is 18.3 Å². The molecule has 39 heavy (non-hydrogen) atoms. The molecule has 0 aromatic heterocycles. The predicted octanol–water partition coefficient (Wildman–Crippen LogP) is 8.90. The Bertz CT molecular complexity index is 1340. The number of hydrogen-bond acceptors (Lipinski definition) is 6. The summed E-state index contributed by atoms with van der Waals surface area (Å²) in [6.07, 6.45) is 1.55. The average Bonchev–Trinajstić information content (AvgIpc) is 2.96. The van der Waals surface area contributed by atoms with E-state index in [4.69, 9.17) is 34.7 Å². The minimum Gasteiger partial charge on any atom is -0.497 e. The van der Waals surface area contributed by atoms with Gasteiger partial charge < -0.3 is 9.47 Å². The van der Waals surface area contributed by atoms with Crippen LogP contribution in [0.2, 0.25) is 0 Å². The van der Waals surface area contributed by atoms with E-state index in [2.05, 4.69) is 73.8 Å². The molecule has 0 unspecified atom stereocenters. The molecule has 0 saturated heterocycles. The van der Waals surface area contributed by atoms with Crippen molar-refractivity contribution < 1.29 is 9.47 Å². The van der Waals surface area contributed by atoms with Gasteiger partial charge in [0, 0.05) is 11.5 Å². The highest BCUT2D eigenvalue weighted by Gasteiger charge is 2.21. The summed E-state index contributed by atoms with van der Waals surface area (Å²) in [7, 11) is 3.33. The largest absolute Gasteiger partial charge is 0.497 e. The Morgan fingerprint density at radius 1 is 0.513 bits per heavy atom. The summed E-state index contributed by atoms with van der Waals surface area (Å²) in [4.78, 5) is 0. The fraction of sp³-hybridized carbons (Fsp3) is 0.212. The zero-order valence-electron chi connectivity index (χ0n) is 22.2. The summed E-state index contributed by atoms with van der Waals surface area (Å²) in [6, 6.07) is 33.1. The topological polar surface area (TPSA) is 18.5 Å². The second kappa shape index (κ2) is 13.8. The molecule has 202 valence electrons. The van der Waals surface area contributed by atoms with Crippen molar-refractivity contribution in [3.63, 3.8) is 0 Å².